The van der Waals surface area contributed by atoms with Gasteiger partial charge < -0.3 is 14.7 Å². The van der Waals surface area contributed by atoms with Crippen molar-refractivity contribution in [2.24, 2.45) is 0 Å². The van der Waals surface area contributed by atoms with Crippen LogP contribution < -0.4 is 4.90 Å². The Morgan fingerprint density at radius 1 is 1.03 bits per heavy atom. The van der Waals surface area contributed by atoms with E-state index in [1.807, 2.05) is 13.0 Å². The third-order valence-electron chi connectivity index (χ3n) is 7.40. The molecule has 0 N–H and O–H groups in total. The first-order valence-electron chi connectivity index (χ1n) is 13.1. The van der Waals surface area contributed by atoms with Crippen LogP contribution >= 0.6 is 11.6 Å². The number of amides is 2. The number of hydrogen-bond donors (Lipinski definition) is 0. The zero-order valence-electron chi connectivity index (χ0n) is 22.6. The topological polar surface area (TPSA) is 90.9 Å². The Morgan fingerprint density at radius 3 is 2.41 bits per heavy atom. The molecule has 2 amide bonds. The van der Waals surface area contributed by atoms with Crippen molar-refractivity contribution in [3.05, 3.63) is 65.4 Å². The fourth-order valence-electron chi connectivity index (χ4n) is 4.96. The number of hydrogen-bond acceptors (Lipinski definition) is 6. The number of benzene rings is 2. The number of aromatic nitrogens is 1. The molecule has 0 bridgehead atoms. The Kier molecular flexibility index (Phi) is 9.12. The minimum atomic E-state index is -3.67. The summed E-state index contributed by atoms with van der Waals surface area (Å²) in [7, 11) is -1.97. The molecule has 8 nitrogen and oxygen atoms in total. The van der Waals surface area contributed by atoms with Crippen molar-refractivity contribution in [1.29, 1.82) is 0 Å². The molecule has 2 aromatic carbocycles. The molecule has 0 spiro atoms. The fourth-order valence-corrected chi connectivity index (χ4v) is 6.40. The molecule has 1 aliphatic heterocycles. The van der Waals surface area contributed by atoms with Crippen LogP contribution in [-0.2, 0) is 19.4 Å². The second kappa shape index (κ2) is 12.3. The number of likely N-dealkylation sites (N-methyl/N-ethyl adjacent to an activating group) is 1. The molecule has 1 aromatic heterocycles. The van der Waals surface area contributed by atoms with Gasteiger partial charge in [0.15, 0.2) is 9.84 Å². The summed E-state index contributed by atoms with van der Waals surface area (Å²) >= 11 is 6.05. The van der Waals surface area contributed by atoms with E-state index < -0.39 is 9.84 Å². The number of sulfone groups is 1. The largest absolute Gasteiger partial charge is 0.371 e. The molecule has 1 aliphatic rings. The van der Waals surface area contributed by atoms with Crippen LogP contribution in [0.2, 0.25) is 5.02 Å². The van der Waals surface area contributed by atoms with Crippen LogP contribution in [0, 0.1) is 6.92 Å². The molecule has 0 radical (unpaired) electrons. The van der Waals surface area contributed by atoms with Crippen LogP contribution in [0.15, 0.2) is 59.6 Å². The van der Waals surface area contributed by atoms with Crippen molar-refractivity contribution in [1.82, 2.24) is 14.8 Å². The Hall–Kier alpha value is -3.17. The van der Waals surface area contributed by atoms with Crippen LogP contribution in [0.25, 0.3) is 10.8 Å². The van der Waals surface area contributed by atoms with Gasteiger partial charge in [0.05, 0.1) is 10.6 Å². The summed E-state index contributed by atoms with van der Waals surface area (Å²) in [5, 5.41) is 2.21. The highest BCUT2D eigenvalue weighted by Gasteiger charge is 2.29. The van der Waals surface area contributed by atoms with Gasteiger partial charge in [0.2, 0.25) is 11.8 Å². The van der Waals surface area contributed by atoms with Crippen molar-refractivity contribution >= 4 is 49.7 Å². The molecular weight excluding hydrogens is 536 g/mol. The molecule has 0 aliphatic carbocycles. The molecule has 0 saturated carbocycles. The Morgan fingerprint density at radius 2 is 1.72 bits per heavy atom. The summed E-state index contributed by atoms with van der Waals surface area (Å²) in [5.74, 6) is -0.564. The van der Waals surface area contributed by atoms with Gasteiger partial charge in [-0.25, -0.2) is 8.42 Å². The van der Waals surface area contributed by atoms with E-state index in [2.05, 4.69) is 16.0 Å². The summed E-state index contributed by atoms with van der Waals surface area (Å²) in [6, 6.07) is 14.2. The Balaban J connectivity index is 1.44. The molecule has 4 rings (SSSR count). The van der Waals surface area contributed by atoms with Crippen molar-refractivity contribution in [2.45, 2.75) is 44.0 Å². The number of nitrogens with zero attached hydrogens (tertiary/aromatic N) is 4. The number of pyridine rings is 1. The zero-order valence-corrected chi connectivity index (χ0v) is 24.2. The molecule has 208 valence electrons. The van der Waals surface area contributed by atoms with E-state index in [1.54, 1.807) is 59.4 Å². The first kappa shape index (κ1) is 28.8. The normalized spacial score (nSPS) is 14.4. The van der Waals surface area contributed by atoms with Crippen LogP contribution in [-0.4, -0.2) is 80.0 Å². The van der Waals surface area contributed by atoms with Gasteiger partial charge in [-0.1, -0.05) is 23.7 Å². The van der Waals surface area contributed by atoms with Gasteiger partial charge in [-0.2, -0.15) is 0 Å². The number of carbonyl (C=O) groups is 2. The maximum atomic E-state index is 13.5. The predicted molar refractivity (Wildman–Crippen MR) is 155 cm³/mol. The van der Waals surface area contributed by atoms with Crippen LogP contribution in [0.4, 0.5) is 5.69 Å². The average molecular weight is 571 g/mol. The standard InChI is InChI=1S/C29H35ClN4O4S/c1-21-18-27(8-12-31-21)33-13-9-26(10-14-33)34(16-15-32(3)22(2)35)29(36)11-17-39(37,38)28-7-5-23-19-25(30)6-4-24(23)20-28/h4-8,12,18-20,26H,9-11,13-17H2,1-3H3. The van der Waals surface area contributed by atoms with Crippen molar-refractivity contribution in [3.63, 3.8) is 0 Å². The summed E-state index contributed by atoms with van der Waals surface area (Å²) in [6.45, 7) is 5.77. The summed E-state index contributed by atoms with van der Waals surface area (Å²) in [4.78, 5) is 35.4. The highest BCUT2D eigenvalue weighted by atomic mass is 35.5. The quantitative estimate of drug-likeness (QED) is 0.380. The van der Waals surface area contributed by atoms with E-state index in [4.69, 9.17) is 11.6 Å². The third kappa shape index (κ3) is 7.28. The number of piperidine rings is 1. The highest BCUT2D eigenvalue weighted by molar-refractivity contribution is 7.91. The molecule has 1 fully saturated rings. The maximum absolute atomic E-state index is 13.5. The smallest absolute Gasteiger partial charge is 0.223 e. The lowest BCUT2D eigenvalue weighted by molar-refractivity contribution is -0.135. The first-order chi connectivity index (χ1) is 18.5. The number of anilines is 1. The molecule has 10 heteroatoms. The molecule has 2 heterocycles. The SMILES string of the molecule is CC(=O)N(C)CCN(C(=O)CCS(=O)(=O)c1ccc2cc(Cl)ccc2c1)C1CCN(c2ccnc(C)c2)CC1. The van der Waals surface area contributed by atoms with Gasteiger partial charge in [-0.3, -0.25) is 14.6 Å². The number of fused-ring (bicyclic) bond motifs is 1. The zero-order chi connectivity index (χ0) is 28.2. The Bertz CT molecular complexity index is 1450. The Labute approximate surface area is 235 Å². The predicted octanol–water partition coefficient (Wildman–Crippen LogP) is 4.34. The highest BCUT2D eigenvalue weighted by Crippen LogP contribution is 2.25. The first-order valence-corrected chi connectivity index (χ1v) is 15.2. The van der Waals surface area contributed by atoms with Gasteiger partial charge in [0, 0.05) is 75.2 Å². The summed E-state index contributed by atoms with van der Waals surface area (Å²) in [5.41, 5.74) is 2.06. The van der Waals surface area contributed by atoms with E-state index in [0.717, 1.165) is 48.1 Å². The number of carbonyl (C=O) groups excluding carboxylic acids is 2. The van der Waals surface area contributed by atoms with Gasteiger partial charge in [0.1, 0.15) is 0 Å². The molecule has 39 heavy (non-hydrogen) atoms. The van der Waals surface area contributed by atoms with Gasteiger partial charge in [0.25, 0.3) is 0 Å². The third-order valence-corrected chi connectivity index (χ3v) is 9.35. The van der Waals surface area contributed by atoms with Gasteiger partial charge >= 0.3 is 0 Å². The molecule has 3 aromatic rings. The van der Waals surface area contributed by atoms with Crippen molar-refractivity contribution in [3.8, 4) is 0 Å². The maximum Gasteiger partial charge on any atom is 0.223 e. The second-order valence-electron chi connectivity index (χ2n) is 10.1. The molecule has 0 atom stereocenters. The number of aryl methyl sites for hydroxylation is 1. The summed E-state index contributed by atoms with van der Waals surface area (Å²) in [6.07, 6.45) is 3.21. The lowest BCUT2D eigenvalue weighted by atomic mass is 10.0. The minimum absolute atomic E-state index is 0.0230. The van der Waals surface area contributed by atoms with Crippen molar-refractivity contribution < 1.29 is 18.0 Å². The second-order valence-corrected chi connectivity index (χ2v) is 12.7. The number of halogens is 1. The fraction of sp³-hybridized carbons (Fsp3) is 0.414. The number of rotatable bonds is 9. The monoisotopic (exact) mass is 570 g/mol. The van der Waals surface area contributed by atoms with Crippen LogP contribution in [0.1, 0.15) is 31.9 Å². The van der Waals surface area contributed by atoms with Crippen LogP contribution in [0.5, 0.6) is 0 Å². The van der Waals surface area contributed by atoms with Crippen molar-refractivity contribution in [2.75, 3.05) is 43.9 Å². The van der Waals surface area contributed by atoms with E-state index in [9.17, 15) is 18.0 Å². The van der Waals surface area contributed by atoms with Gasteiger partial charge in [-0.05, 0) is 66.9 Å². The molecule has 0 unspecified atom stereocenters. The van der Waals surface area contributed by atoms with Crippen LogP contribution in [0.3, 0.4) is 0 Å². The molecule has 1 saturated heterocycles. The van der Waals surface area contributed by atoms with Gasteiger partial charge in [-0.15, -0.1) is 0 Å². The lowest BCUT2D eigenvalue weighted by Gasteiger charge is -2.40. The van der Waals surface area contributed by atoms with E-state index >= 15 is 0 Å². The van der Waals surface area contributed by atoms with E-state index in [-0.39, 0.29) is 34.9 Å². The minimum Gasteiger partial charge on any atom is -0.371 e. The van der Waals surface area contributed by atoms with E-state index in [0.29, 0.717) is 18.1 Å². The summed E-state index contributed by atoms with van der Waals surface area (Å²) < 4.78 is 26.3. The van der Waals surface area contributed by atoms with E-state index in [1.165, 1.54) is 6.92 Å². The lowest BCUT2D eigenvalue weighted by Crippen LogP contribution is -2.50. The average Bonchev–Trinajstić information content (AvgIpc) is 2.92. The molecular formula is C29H35ClN4O4S.